The summed E-state index contributed by atoms with van der Waals surface area (Å²) in [6.07, 6.45) is 1.59. The number of nitrogens with zero attached hydrogens (tertiary/aromatic N) is 2. The Balaban J connectivity index is 1.95. The highest BCUT2D eigenvalue weighted by Crippen LogP contribution is 2.28. The number of hydrogen-bond acceptors (Lipinski definition) is 5. The minimum atomic E-state index is -0.347. The molecule has 1 aromatic carbocycles. The number of nitro benzene ring substituents is 1. The molecule has 6 nitrogen and oxygen atoms in total. The SMILES string of the molecule is CC1CN(Cc2cc([N+](=O)[O-])cc3ccoc23)[C@@H](C)CN1. The quantitative estimate of drug-likeness (QED) is 0.694. The van der Waals surface area contributed by atoms with Gasteiger partial charge in [-0.05, 0) is 19.9 Å². The third-order valence-corrected chi connectivity index (χ3v) is 4.09. The van der Waals surface area contributed by atoms with Crippen molar-refractivity contribution in [2.24, 2.45) is 0 Å². The minimum Gasteiger partial charge on any atom is -0.464 e. The maximum Gasteiger partial charge on any atom is 0.270 e. The molecule has 1 fully saturated rings. The molecule has 1 unspecified atom stereocenters. The van der Waals surface area contributed by atoms with Crippen molar-refractivity contribution >= 4 is 16.7 Å². The van der Waals surface area contributed by atoms with Crippen LogP contribution in [-0.4, -0.2) is 35.0 Å². The van der Waals surface area contributed by atoms with Crippen LogP contribution in [0.1, 0.15) is 19.4 Å². The van der Waals surface area contributed by atoms with Crippen LogP contribution < -0.4 is 5.32 Å². The van der Waals surface area contributed by atoms with Gasteiger partial charge in [-0.3, -0.25) is 15.0 Å². The summed E-state index contributed by atoms with van der Waals surface area (Å²) in [4.78, 5) is 13.1. The van der Waals surface area contributed by atoms with Crippen LogP contribution in [0.2, 0.25) is 0 Å². The number of piperazine rings is 1. The molecule has 0 saturated carbocycles. The van der Waals surface area contributed by atoms with Crippen molar-refractivity contribution in [2.45, 2.75) is 32.5 Å². The molecule has 1 aromatic heterocycles. The number of hydrogen-bond donors (Lipinski definition) is 1. The van der Waals surface area contributed by atoms with Crippen molar-refractivity contribution in [3.63, 3.8) is 0 Å². The number of benzene rings is 1. The van der Waals surface area contributed by atoms with E-state index >= 15 is 0 Å². The van der Waals surface area contributed by atoms with Gasteiger partial charge in [-0.1, -0.05) is 0 Å². The molecule has 21 heavy (non-hydrogen) atoms. The highest BCUT2D eigenvalue weighted by molar-refractivity contribution is 5.83. The van der Waals surface area contributed by atoms with Crippen LogP contribution in [0.4, 0.5) is 5.69 Å². The van der Waals surface area contributed by atoms with Gasteiger partial charge in [0.25, 0.3) is 5.69 Å². The number of nitro groups is 1. The Bertz CT molecular complexity index is 667. The predicted octanol–water partition coefficient (Wildman–Crippen LogP) is 2.52. The van der Waals surface area contributed by atoms with Gasteiger partial charge in [-0.25, -0.2) is 0 Å². The molecule has 0 spiro atoms. The first kappa shape index (κ1) is 14.0. The van der Waals surface area contributed by atoms with Gasteiger partial charge in [-0.15, -0.1) is 0 Å². The van der Waals surface area contributed by atoms with E-state index in [4.69, 9.17) is 4.42 Å². The molecule has 0 amide bonds. The van der Waals surface area contributed by atoms with Crippen molar-refractivity contribution in [3.8, 4) is 0 Å². The first-order valence-electron chi connectivity index (χ1n) is 7.16. The lowest BCUT2D eigenvalue weighted by Gasteiger charge is -2.37. The lowest BCUT2D eigenvalue weighted by molar-refractivity contribution is -0.384. The first-order valence-corrected chi connectivity index (χ1v) is 7.16. The average molecular weight is 289 g/mol. The number of furan rings is 1. The summed E-state index contributed by atoms with van der Waals surface area (Å²) in [7, 11) is 0. The second kappa shape index (κ2) is 5.46. The normalized spacial score (nSPS) is 23.5. The Morgan fingerprint density at radius 2 is 2.29 bits per heavy atom. The van der Waals surface area contributed by atoms with Crippen molar-refractivity contribution in [1.82, 2.24) is 10.2 Å². The van der Waals surface area contributed by atoms with Gasteiger partial charge < -0.3 is 9.73 Å². The van der Waals surface area contributed by atoms with Gasteiger partial charge in [0.1, 0.15) is 5.58 Å². The maximum atomic E-state index is 11.1. The third-order valence-electron chi connectivity index (χ3n) is 4.09. The smallest absolute Gasteiger partial charge is 0.270 e. The summed E-state index contributed by atoms with van der Waals surface area (Å²) in [6, 6.07) is 5.78. The van der Waals surface area contributed by atoms with Crippen molar-refractivity contribution < 1.29 is 9.34 Å². The van der Waals surface area contributed by atoms with Crippen LogP contribution in [0.5, 0.6) is 0 Å². The third kappa shape index (κ3) is 2.77. The van der Waals surface area contributed by atoms with E-state index in [9.17, 15) is 10.1 Å². The topological polar surface area (TPSA) is 71.5 Å². The van der Waals surface area contributed by atoms with E-state index in [1.807, 2.05) is 0 Å². The van der Waals surface area contributed by atoms with Crippen LogP contribution in [-0.2, 0) is 6.54 Å². The Morgan fingerprint density at radius 3 is 3.05 bits per heavy atom. The molecule has 0 aliphatic carbocycles. The van der Waals surface area contributed by atoms with Gasteiger partial charge in [0.15, 0.2) is 0 Å². The molecular formula is C15H19N3O3. The second-order valence-electron chi connectivity index (χ2n) is 5.79. The van der Waals surface area contributed by atoms with Gasteiger partial charge in [0, 0.05) is 54.8 Å². The summed E-state index contributed by atoms with van der Waals surface area (Å²) >= 11 is 0. The molecule has 2 aromatic rings. The Labute approximate surface area is 122 Å². The zero-order valence-corrected chi connectivity index (χ0v) is 12.2. The fraction of sp³-hybridized carbons (Fsp3) is 0.467. The molecule has 1 aliphatic heterocycles. The number of non-ortho nitro benzene ring substituents is 1. The molecule has 3 rings (SSSR count). The van der Waals surface area contributed by atoms with E-state index in [0.29, 0.717) is 18.6 Å². The Hall–Kier alpha value is -1.92. The van der Waals surface area contributed by atoms with E-state index in [-0.39, 0.29) is 10.6 Å². The number of rotatable bonds is 3. The van der Waals surface area contributed by atoms with Gasteiger partial charge in [0.2, 0.25) is 0 Å². The van der Waals surface area contributed by atoms with Gasteiger partial charge >= 0.3 is 0 Å². The lowest BCUT2D eigenvalue weighted by Crippen LogP contribution is -2.53. The second-order valence-corrected chi connectivity index (χ2v) is 5.79. The molecule has 112 valence electrons. The van der Waals surface area contributed by atoms with Crippen LogP contribution in [0.25, 0.3) is 11.0 Å². The standard InChI is InChI=1S/C15H19N3O3/c1-10-8-17(11(2)7-16-10)9-13-6-14(18(19)20)5-12-3-4-21-15(12)13/h3-6,10-11,16H,7-9H2,1-2H3/t10?,11-/m0/s1. The fourth-order valence-electron chi connectivity index (χ4n) is 2.90. The monoisotopic (exact) mass is 289 g/mol. The molecule has 0 bridgehead atoms. The molecule has 6 heteroatoms. The summed E-state index contributed by atoms with van der Waals surface area (Å²) in [5.74, 6) is 0. The van der Waals surface area contributed by atoms with Crippen LogP contribution in [0.15, 0.2) is 28.9 Å². The molecular weight excluding hydrogens is 270 g/mol. The average Bonchev–Trinajstić information content (AvgIpc) is 2.91. The molecule has 1 aliphatic rings. The Kier molecular flexibility index (Phi) is 3.65. The van der Waals surface area contributed by atoms with Crippen LogP contribution in [0, 0.1) is 10.1 Å². The van der Waals surface area contributed by atoms with E-state index in [1.165, 1.54) is 0 Å². The molecule has 0 radical (unpaired) electrons. The van der Waals surface area contributed by atoms with Crippen molar-refractivity contribution in [3.05, 3.63) is 40.1 Å². The highest BCUT2D eigenvalue weighted by Gasteiger charge is 2.24. The van der Waals surface area contributed by atoms with E-state index in [0.717, 1.165) is 29.6 Å². The maximum absolute atomic E-state index is 11.1. The summed E-state index contributed by atoms with van der Waals surface area (Å²) in [6.45, 7) is 6.83. The molecule has 1 N–H and O–H groups in total. The summed E-state index contributed by atoms with van der Waals surface area (Å²) < 4.78 is 5.52. The Morgan fingerprint density at radius 1 is 1.48 bits per heavy atom. The van der Waals surface area contributed by atoms with Crippen LogP contribution in [0.3, 0.4) is 0 Å². The van der Waals surface area contributed by atoms with Crippen molar-refractivity contribution in [1.29, 1.82) is 0 Å². The van der Waals surface area contributed by atoms with Crippen molar-refractivity contribution in [2.75, 3.05) is 13.1 Å². The van der Waals surface area contributed by atoms with Gasteiger partial charge in [-0.2, -0.15) is 0 Å². The largest absolute Gasteiger partial charge is 0.464 e. The van der Waals surface area contributed by atoms with Gasteiger partial charge in [0.05, 0.1) is 11.2 Å². The predicted molar refractivity (Wildman–Crippen MR) is 80.2 cm³/mol. The molecule has 1 saturated heterocycles. The molecule has 2 heterocycles. The lowest BCUT2D eigenvalue weighted by atomic mass is 10.1. The van der Waals surface area contributed by atoms with E-state index in [1.54, 1.807) is 24.5 Å². The number of fused-ring (bicyclic) bond motifs is 1. The van der Waals surface area contributed by atoms with Crippen LogP contribution >= 0.6 is 0 Å². The summed E-state index contributed by atoms with van der Waals surface area (Å²) in [5.41, 5.74) is 1.75. The number of nitrogens with one attached hydrogen (secondary N) is 1. The highest BCUT2D eigenvalue weighted by atomic mass is 16.6. The van der Waals surface area contributed by atoms with E-state index in [2.05, 4.69) is 24.1 Å². The fourth-order valence-corrected chi connectivity index (χ4v) is 2.90. The zero-order valence-electron chi connectivity index (χ0n) is 12.2. The first-order chi connectivity index (χ1) is 10.0. The minimum absolute atomic E-state index is 0.120. The van der Waals surface area contributed by atoms with E-state index < -0.39 is 0 Å². The zero-order chi connectivity index (χ0) is 15.0. The molecule has 2 atom stereocenters. The summed E-state index contributed by atoms with van der Waals surface area (Å²) in [5, 5.41) is 15.3.